The van der Waals surface area contributed by atoms with Crippen molar-refractivity contribution in [2.45, 2.75) is 19.1 Å². The number of aromatic carboxylic acids is 1. The number of hydrogen-bond acceptors (Lipinski definition) is 4. The molecule has 2 aromatic rings. The number of nitrogens with zero attached hydrogens (tertiary/aromatic N) is 2. The van der Waals surface area contributed by atoms with Crippen LogP contribution < -0.4 is 0 Å². The molecule has 0 radical (unpaired) electrons. The highest BCUT2D eigenvalue weighted by molar-refractivity contribution is 7.20. The van der Waals surface area contributed by atoms with Crippen LogP contribution in [-0.2, 0) is 11.3 Å². The number of halogens is 1. The Labute approximate surface area is 99.4 Å². The van der Waals surface area contributed by atoms with Crippen molar-refractivity contribution in [3.8, 4) is 0 Å². The van der Waals surface area contributed by atoms with Gasteiger partial charge in [-0.3, -0.25) is 0 Å². The largest absolute Gasteiger partial charge is 0.477 e. The zero-order valence-corrected chi connectivity index (χ0v) is 9.54. The zero-order valence-electron chi connectivity index (χ0n) is 8.72. The molecule has 3 heterocycles. The smallest absolute Gasteiger partial charge is 0.349 e. The molecule has 2 aromatic heterocycles. The topological polar surface area (TPSA) is 64.3 Å². The Hall–Kier alpha value is -1.47. The molecule has 0 aliphatic carbocycles. The van der Waals surface area contributed by atoms with E-state index in [2.05, 4.69) is 4.98 Å². The Morgan fingerprint density at radius 3 is 3.12 bits per heavy atom. The first-order chi connectivity index (χ1) is 8.16. The van der Waals surface area contributed by atoms with Crippen LogP contribution in [0.25, 0.3) is 10.3 Å². The highest BCUT2D eigenvalue weighted by Crippen LogP contribution is 2.30. The van der Waals surface area contributed by atoms with E-state index in [1.54, 1.807) is 4.57 Å². The summed E-state index contributed by atoms with van der Waals surface area (Å²) in [4.78, 5) is 14.9. The molecule has 0 saturated carbocycles. The van der Waals surface area contributed by atoms with Crippen LogP contribution in [0.15, 0.2) is 6.33 Å². The van der Waals surface area contributed by atoms with Crippen molar-refractivity contribution in [1.82, 2.24) is 9.55 Å². The van der Waals surface area contributed by atoms with Gasteiger partial charge in [0.1, 0.15) is 10.3 Å². The van der Waals surface area contributed by atoms with E-state index in [-0.39, 0.29) is 16.5 Å². The van der Waals surface area contributed by atoms with Crippen molar-refractivity contribution in [2.75, 3.05) is 6.61 Å². The van der Waals surface area contributed by atoms with Crippen molar-refractivity contribution < 1.29 is 19.0 Å². The molecule has 1 fully saturated rings. The molecule has 90 valence electrons. The summed E-state index contributed by atoms with van der Waals surface area (Å²) in [6.07, 6.45) is 2.55. The summed E-state index contributed by atoms with van der Waals surface area (Å²) < 4.78 is 20.8. The maximum Gasteiger partial charge on any atom is 0.349 e. The summed E-state index contributed by atoms with van der Waals surface area (Å²) in [5, 5.41) is 8.82. The first kappa shape index (κ1) is 10.7. The number of ether oxygens (including phenoxy) is 1. The Balaban J connectivity index is 2.03. The van der Waals surface area contributed by atoms with Crippen LogP contribution in [0, 0.1) is 5.82 Å². The molecule has 1 unspecified atom stereocenters. The highest BCUT2D eigenvalue weighted by atomic mass is 32.1. The number of imidazole rings is 1. The van der Waals surface area contributed by atoms with Gasteiger partial charge in [-0.05, 0) is 6.42 Å². The number of carbonyl (C=O) groups is 1. The molecule has 1 aliphatic rings. The quantitative estimate of drug-likeness (QED) is 0.908. The molecule has 5 nitrogen and oxygen atoms in total. The van der Waals surface area contributed by atoms with Crippen LogP contribution in [0.1, 0.15) is 16.1 Å². The highest BCUT2D eigenvalue weighted by Gasteiger charge is 2.24. The molecule has 0 aromatic carbocycles. The fourth-order valence-corrected chi connectivity index (χ4v) is 2.70. The van der Waals surface area contributed by atoms with Gasteiger partial charge in [0, 0.05) is 6.61 Å². The van der Waals surface area contributed by atoms with E-state index in [0.717, 1.165) is 24.4 Å². The van der Waals surface area contributed by atoms with Crippen LogP contribution in [-0.4, -0.2) is 33.3 Å². The van der Waals surface area contributed by atoms with Crippen molar-refractivity contribution in [1.29, 1.82) is 0 Å². The lowest BCUT2D eigenvalue weighted by Crippen LogP contribution is -2.31. The van der Waals surface area contributed by atoms with Crippen LogP contribution in [0.2, 0.25) is 0 Å². The first-order valence-electron chi connectivity index (χ1n) is 5.15. The average molecular weight is 256 g/mol. The van der Waals surface area contributed by atoms with Crippen molar-refractivity contribution in [2.24, 2.45) is 0 Å². The molecule has 1 saturated heterocycles. The predicted molar refractivity (Wildman–Crippen MR) is 58.9 cm³/mol. The molecule has 1 N–H and O–H groups in total. The van der Waals surface area contributed by atoms with Gasteiger partial charge in [0.15, 0.2) is 10.7 Å². The molecule has 17 heavy (non-hydrogen) atoms. The molecule has 0 bridgehead atoms. The maximum absolute atomic E-state index is 13.9. The Kier molecular flexibility index (Phi) is 2.37. The fraction of sp³-hybridized carbons (Fsp3) is 0.400. The SMILES string of the molecule is O=C(O)c1sc2ncn(CC3CCO3)c2c1F. The van der Waals surface area contributed by atoms with Gasteiger partial charge in [0.2, 0.25) is 0 Å². The summed E-state index contributed by atoms with van der Waals surface area (Å²) in [6, 6.07) is 0. The molecule has 0 amide bonds. The minimum absolute atomic E-state index is 0.0833. The van der Waals surface area contributed by atoms with E-state index < -0.39 is 11.8 Å². The van der Waals surface area contributed by atoms with E-state index >= 15 is 0 Å². The normalized spacial score (nSPS) is 19.5. The molecule has 0 spiro atoms. The lowest BCUT2D eigenvalue weighted by atomic mass is 10.2. The third-order valence-corrected chi connectivity index (χ3v) is 3.85. The van der Waals surface area contributed by atoms with Crippen LogP contribution in [0.5, 0.6) is 0 Å². The van der Waals surface area contributed by atoms with Crippen LogP contribution >= 0.6 is 11.3 Å². The number of carboxylic acids is 1. The van der Waals surface area contributed by atoms with Crippen molar-refractivity contribution in [3.63, 3.8) is 0 Å². The summed E-state index contributed by atoms with van der Waals surface area (Å²) in [5.74, 6) is -1.95. The lowest BCUT2D eigenvalue weighted by Gasteiger charge is -2.26. The minimum Gasteiger partial charge on any atom is -0.477 e. The summed E-state index contributed by atoms with van der Waals surface area (Å²) in [6.45, 7) is 1.25. The second kappa shape index (κ2) is 3.78. The fourth-order valence-electron chi connectivity index (χ4n) is 1.83. The number of aromatic nitrogens is 2. The minimum atomic E-state index is -1.25. The van der Waals surface area contributed by atoms with E-state index in [1.165, 1.54) is 6.33 Å². The summed E-state index contributed by atoms with van der Waals surface area (Å²) >= 11 is 0.858. The zero-order chi connectivity index (χ0) is 12.0. The van der Waals surface area contributed by atoms with Gasteiger partial charge in [0.05, 0.1) is 19.0 Å². The van der Waals surface area contributed by atoms with Gasteiger partial charge in [-0.25, -0.2) is 14.2 Å². The average Bonchev–Trinajstić information content (AvgIpc) is 2.74. The maximum atomic E-state index is 13.9. The third-order valence-electron chi connectivity index (χ3n) is 2.80. The second-order valence-electron chi connectivity index (χ2n) is 3.88. The van der Waals surface area contributed by atoms with Crippen molar-refractivity contribution in [3.05, 3.63) is 17.0 Å². The van der Waals surface area contributed by atoms with Gasteiger partial charge in [-0.15, -0.1) is 11.3 Å². The Morgan fingerprint density at radius 1 is 1.76 bits per heavy atom. The van der Waals surface area contributed by atoms with Gasteiger partial charge >= 0.3 is 5.97 Å². The second-order valence-corrected chi connectivity index (χ2v) is 4.88. The van der Waals surface area contributed by atoms with Gasteiger partial charge < -0.3 is 14.4 Å². The van der Waals surface area contributed by atoms with Gasteiger partial charge in [-0.1, -0.05) is 0 Å². The van der Waals surface area contributed by atoms with E-state index in [1.807, 2.05) is 0 Å². The standard InChI is InChI=1S/C10H9FN2O3S/c11-6-7-9(17-8(6)10(14)15)12-4-13(7)3-5-1-2-16-5/h4-5H,1-3H2,(H,14,15). The van der Waals surface area contributed by atoms with Crippen molar-refractivity contribution >= 4 is 27.7 Å². The van der Waals surface area contributed by atoms with E-state index in [4.69, 9.17) is 9.84 Å². The Bertz CT molecular complexity index is 588. The molecule has 3 rings (SSSR count). The number of hydrogen-bond donors (Lipinski definition) is 1. The van der Waals surface area contributed by atoms with E-state index in [0.29, 0.717) is 11.4 Å². The first-order valence-corrected chi connectivity index (χ1v) is 5.96. The monoisotopic (exact) mass is 256 g/mol. The number of fused-ring (bicyclic) bond motifs is 1. The molecular formula is C10H9FN2O3S. The molecule has 1 aliphatic heterocycles. The van der Waals surface area contributed by atoms with Gasteiger partial charge in [-0.2, -0.15) is 0 Å². The molecular weight excluding hydrogens is 247 g/mol. The number of thiophene rings is 1. The summed E-state index contributed by atoms with van der Waals surface area (Å²) in [7, 11) is 0. The van der Waals surface area contributed by atoms with Crippen LogP contribution in [0.4, 0.5) is 4.39 Å². The predicted octanol–water partition coefficient (Wildman–Crippen LogP) is 1.72. The molecule has 1 atom stereocenters. The van der Waals surface area contributed by atoms with Gasteiger partial charge in [0.25, 0.3) is 0 Å². The third kappa shape index (κ3) is 1.62. The Morgan fingerprint density at radius 2 is 2.53 bits per heavy atom. The number of carboxylic acid groups (broad SMARTS) is 1. The number of rotatable bonds is 3. The summed E-state index contributed by atoms with van der Waals surface area (Å²) in [5.41, 5.74) is 0.267. The van der Waals surface area contributed by atoms with Crippen LogP contribution in [0.3, 0.4) is 0 Å². The lowest BCUT2D eigenvalue weighted by molar-refractivity contribution is -0.0587. The van der Waals surface area contributed by atoms with E-state index in [9.17, 15) is 9.18 Å². The molecule has 7 heteroatoms.